The van der Waals surface area contributed by atoms with Crippen molar-refractivity contribution in [1.82, 2.24) is 4.90 Å². The lowest BCUT2D eigenvalue weighted by atomic mass is 9.96. The van der Waals surface area contributed by atoms with Crippen molar-refractivity contribution in [2.24, 2.45) is 17.8 Å². The number of likely N-dealkylation sites (tertiary alicyclic amines) is 1. The van der Waals surface area contributed by atoms with E-state index in [1.54, 1.807) is 0 Å². The normalized spacial score (nSPS) is 31.2. The fraction of sp³-hybridized carbons (Fsp3) is 0.867. The fourth-order valence-corrected chi connectivity index (χ4v) is 3.45. The predicted octanol–water partition coefficient (Wildman–Crippen LogP) is 1.96. The number of hydrogen-bond acceptors (Lipinski definition) is 3. The Morgan fingerprint density at radius 1 is 1.11 bits per heavy atom. The molecule has 1 N–H and O–H groups in total. The molecule has 2 amide bonds. The van der Waals surface area contributed by atoms with E-state index >= 15 is 0 Å². The van der Waals surface area contributed by atoms with Crippen LogP contribution in [0.4, 0.5) is 0 Å². The highest BCUT2D eigenvalue weighted by molar-refractivity contribution is 6.05. The largest absolute Gasteiger partial charge is 0.388 e. The summed E-state index contributed by atoms with van der Waals surface area (Å²) in [5.74, 6) is 0.185. The maximum Gasteiger partial charge on any atom is 0.233 e. The first kappa shape index (κ1) is 14.5. The van der Waals surface area contributed by atoms with Crippen molar-refractivity contribution >= 4 is 11.8 Å². The zero-order valence-corrected chi connectivity index (χ0v) is 12.2. The van der Waals surface area contributed by atoms with E-state index in [1.165, 1.54) is 4.90 Å². The lowest BCUT2D eigenvalue weighted by molar-refractivity contribution is -0.145. The molecule has 1 saturated carbocycles. The third kappa shape index (κ3) is 2.42. The predicted molar refractivity (Wildman–Crippen MR) is 72.2 cm³/mol. The van der Waals surface area contributed by atoms with Crippen molar-refractivity contribution in [2.75, 3.05) is 6.54 Å². The Hall–Kier alpha value is -0.900. The Morgan fingerprint density at radius 3 is 1.95 bits per heavy atom. The molecule has 4 nitrogen and oxygen atoms in total. The maximum absolute atomic E-state index is 12.4. The van der Waals surface area contributed by atoms with Crippen LogP contribution in [0.2, 0.25) is 0 Å². The monoisotopic (exact) mass is 267 g/mol. The maximum atomic E-state index is 12.4. The molecule has 1 aliphatic heterocycles. The summed E-state index contributed by atoms with van der Waals surface area (Å²) in [7, 11) is 0. The Morgan fingerprint density at radius 2 is 1.58 bits per heavy atom. The molecule has 2 rings (SSSR count). The van der Waals surface area contributed by atoms with Crippen LogP contribution in [0.5, 0.6) is 0 Å². The lowest BCUT2D eigenvalue weighted by Crippen LogP contribution is -2.45. The first-order valence-corrected chi connectivity index (χ1v) is 7.53. The van der Waals surface area contributed by atoms with Gasteiger partial charge in [0.2, 0.25) is 11.8 Å². The second-order valence-electron chi connectivity index (χ2n) is 6.15. The van der Waals surface area contributed by atoms with Gasteiger partial charge in [0.1, 0.15) is 0 Å². The summed E-state index contributed by atoms with van der Waals surface area (Å²) in [6.07, 6.45) is 3.86. The van der Waals surface area contributed by atoms with Crippen molar-refractivity contribution in [3.63, 3.8) is 0 Å². The zero-order chi connectivity index (χ0) is 14.2. The topological polar surface area (TPSA) is 57.6 Å². The number of hydrogen-bond donors (Lipinski definition) is 1. The second kappa shape index (κ2) is 5.23. The molecule has 1 aliphatic carbocycles. The van der Waals surface area contributed by atoms with Crippen LogP contribution in [-0.4, -0.2) is 34.0 Å². The van der Waals surface area contributed by atoms with Crippen molar-refractivity contribution < 1.29 is 14.7 Å². The Kier molecular flexibility index (Phi) is 4.00. The summed E-state index contributed by atoms with van der Waals surface area (Å²) >= 11 is 0. The van der Waals surface area contributed by atoms with Gasteiger partial charge in [-0.05, 0) is 31.6 Å². The van der Waals surface area contributed by atoms with E-state index in [1.807, 2.05) is 13.8 Å². The van der Waals surface area contributed by atoms with E-state index in [0.29, 0.717) is 18.8 Å². The molecule has 0 aromatic rings. The highest BCUT2D eigenvalue weighted by atomic mass is 16.3. The second-order valence-corrected chi connectivity index (χ2v) is 6.15. The molecular weight excluding hydrogens is 242 g/mol. The fourth-order valence-electron chi connectivity index (χ4n) is 3.45. The van der Waals surface area contributed by atoms with Gasteiger partial charge in [-0.15, -0.1) is 0 Å². The van der Waals surface area contributed by atoms with Crippen LogP contribution in [0.25, 0.3) is 0 Å². The van der Waals surface area contributed by atoms with E-state index in [2.05, 4.69) is 6.92 Å². The molecule has 2 unspecified atom stereocenters. The molecule has 2 atom stereocenters. The Bertz CT molecular complexity index is 352. The zero-order valence-electron chi connectivity index (χ0n) is 12.2. The van der Waals surface area contributed by atoms with E-state index in [-0.39, 0.29) is 30.2 Å². The molecule has 2 aliphatic rings. The minimum absolute atomic E-state index is 0.0497. The van der Waals surface area contributed by atoms with Gasteiger partial charge in [0.15, 0.2) is 0 Å². The van der Waals surface area contributed by atoms with Crippen LogP contribution in [0, 0.1) is 17.8 Å². The molecular formula is C15H25NO3. The van der Waals surface area contributed by atoms with Gasteiger partial charge in [-0.25, -0.2) is 0 Å². The number of fused-ring (bicyclic) bond motifs is 1. The summed E-state index contributed by atoms with van der Waals surface area (Å²) in [6, 6.07) is 0. The van der Waals surface area contributed by atoms with Crippen molar-refractivity contribution in [3.05, 3.63) is 0 Å². The third-order valence-electron chi connectivity index (χ3n) is 5.17. The van der Waals surface area contributed by atoms with Crippen molar-refractivity contribution in [1.29, 1.82) is 0 Å². The van der Waals surface area contributed by atoms with E-state index in [4.69, 9.17) is 0 Å². The number of β-amino-alcohol motifs (C(OH)–C–C–N with tert-alkyl or cyclic N) is 1. The van der Waals surface area contributed by atoms with E-state index < -0.39 is 5.60 Å². The van der Waals surface area contributed by atoms with Gasteiger partial charge in [-0.3, -0.25) is 14.5 Å². The summed E-state index contributed by atoms with van der Waals surface area (Å²) < 4.78 is 0. The van der Waals surface area contributed by atoms with Gasteiger partial charge in [-0.2, -0.15) is 0 Å². The van der Waals surface area contributed by atoms with Gasteiger partial charge in [0, 0.05) is 0 Å². The van der Waals surface area contributed by atoms with Gasteiger partial charge in [0.25, 0.3) is 0 Å². The third-order valence-corrected chi connectivity index (χ3v) is 5.17. The Balaban J connectivity index is 2.10. The molecule has 108 valence electrons. The minimum Gasteiger partial charge on any atom is -0.388 e. The molecule has 2 fully saturated rings. The highest BCUT2D eigenvalue weighted by Gasteiger charge is 2.53. The number of carbonyl (C=O) groups excluding carboxylic acids is 2. The number of rotatable bonds is 5. The number of nitrogens with zero attached hydrogens (tertiary/aromatic N) is 1. The van der Waals surface area contributed by atoms with Gasteiger partial charge in [-0.1, -0.05) is 27.2 Å². The van der Waals surface area contributed by atoms with Crippen LogP contribution >= 0.6 is 0 Å². The minimum atomic E-state index is -0.923. The van der Waals surface area contributed by atoms with Crippen LogP contribution in [0.15, 0.2) is 0 Å². The summed E-state index contributed by atoms with van der Waals surface area (Å²) in [4.78, 5) is 26.1. The average Bonchev–Trinajstić information content (AvgIpc) is 2.94. The molecule has 0 bridgehead atoms. The smallest absolute Gasteiger partial charge is 0.233 e. The van der Waals surface area contributed by atoms with Gasteiger partial charge >= 0.3 is 0 Å². The first-order valence-electron chi connectivity index (χ1n) is 7.53. The summed E-state index contributed by atoms with van der Waals surface area (Å²) in [5, 5.41) is 10.3. The SMILES string of the molecule is CCC1CC2C(=O)N(CC(O)(CC)CC)C(=O)C2C1. The number of imide groups is 1. The molecule has 0 radical (unpaired) electrons. The number of carbonyl (C=O) groups is 2. The summed E-state index contributed by atoms with van der Waals surface area (Å²) in [6.45, 7) is 6.07. The quantitative estimate of drug-likeness (QED) is 0.775. The van der Waals surface area contributed by atoms with Crippen molar-refractivity contribution in [3.8, 4) is 0 Å². The van der Waals surface area contributed by atoms with Gasteiger partial charge < -0.3 is 5.11 Å². The van der Waals surface area contributed by atoms with Crippen LogP contribution in [-0.2, 0) is 9.59 Å². The average molecular weight is 267 g/mol. The lowest BCUT2D eigenvalue weighted by Gasteiger charge is -2.30. The molecule has 4 heteroatoms. The van der Waals surface area contributed by atoms with Crippen LogP contribution in [0.3, 0.4) is 0 Å². The standard InChI is InChI=1S/C15H25NO3/c1-4-10-7-11-12(8-10)14(18)16(13(11)17)9-15(19,5-2)6-3/h10-12,19H,4-9H2,1-3H3. The highest BCUT2D eigenvalue weighted by Crippen LogP contribution is 2.44. The van der Waals surface area contributed by atoms with E-state index in [0.717, 1.165) is 19.3 Å². The van der Waals surface area contributed by atoms with Crippen LogP contribution in [0.1, 0.15) is 52.9 Å². The number of amides is 2. The van der Waals surface area contributed by atoms with E-state index in [9.17, 15) is 14.7 Å². The molecule has 1 heterocycles. The first-order chi connectivity index (χ1) is 8.95. The van der Waals surface area contributed by atoms with Crippen LogP contribution < -0.4 is 0 Å². The molecule has 1 saturated heterocycles. The van der Waals surface area contributed by atoms with Gasteiger partial charge in [0.05, 0.1) is 24.0 Å². The molecule has 0 aromatic carbocycles. The van der Waals surface area contributed by atoms with Crippen molar-refractivity contribution in [2.45, 2.75) is 58.5 Å². The summed E-state index contributed by atoms with van der Waals surface area (Å²) in [5.41, 5.74) is -0.923. The molecule has 0 spiro atoms. The molecule has 0 aromatic heterocycles. The Labute approximate surface area is 115 Å². The molecule has 19 heavy (non-hydrogen) atoms. The number of aliphatic hydroxyl groups is 1.